The Morgan fingerprint density at radius 1 is 1.30 bits per heavy atom. The van der Waals surface area contributed by atoms with Crippen LogP contribution in [-0.2, 0) is 4.79 Å². The Bertz CT molecular complexity index is 738. The van der Waals surface area contributed by atoms with Crippen molar-refractivity contribution in [3.8, 4) is 5.75 Å². The number of fused-ring (bicyclic) bond motifs is 1. The van der Waals surface area contributed by atoms with Crippen LogP contribution in [0.4, 0.5) is 0 Å². The van der Waals surface area contributed by atoms with Gasteiger partial charge in [0.05, 0.1) is 7.11 Å². The Balaban J connectivity index is 1.90. The van der Waals surface area contributed by atoms with Gasteiger partial charge < -0.3 is 19.9 Å². The number of nitrogens with zero attached hydrogens (tertiary/aromatic N) is 1. The van der Waals surface area contributed by atoms with Crippen LogP contribution in [0.3, 0.4) is 0 Å². The molecule has 0 spiro atoms. The maximum absolute atomic E-state index is 12.8. The van der Waals surface area contributed by atoms with E-state index in [0.717, 1.165) is 29.5 Å². The van der Waals surface area contributed by atoms with Gasteiger partial charge in [-0.05, 0) is 37.5 Å². The number of ether oxygens (including phenoxy) is 1. The van der Waals surface area contributed by atoms with E-state index in [1.165, 1.54) is 0 Å². The SMILES string of the molecule is CNC(=O)[C@@H]1CCCCN1C(=O)c1cc2ccc(OC)cc2[nH]1. The molecular formula is C17H21N3O3. The minimum atomic E-state index is -0.387. The summed E-state index contributed by atoms with van der Waals surface area (Å²) in [5.74, 6) is 0.504. The molecule has 3 rings (SSSR count). The first kappa shape index (κ1) is 15.4. The molecule has 1 aromatic heterocycles. The second-order valence-electron chi connectivity index (χ2n) is 5.76. The monoisotopic (exact) mass is 315 g/mol. The van der Waals surface area contributed by atoms with Gasteiger partial charge in [0.25, 0.3) is 5.91 Å². The van der Waals surface area contributed by atoms with E-state index in [2.05, 4.69) is 10.3 Å². The fourth-order valence-electron chi connectivity index (χ4n) is 3.12. The van der Waals surface area contributed by atoms with Crippen molar-refractivity contribution in [2.45, 2.75) is 25.3 Å². The molecule has 2 heterocycles. The third kappa shape index (κ3) is 2.88. The molecular weight excluding hydrogens is 294 g/mol. The number of piperidine rings is 1. The minimum absolute atomic E-state index is 0.101. The Labute approximate surface area is 134 Å². The van der Waals surface area contributed by atoms with E-state index in [9.17, 15) is 9.59 Å². The van der Waals surface area contributed by atoms with E-state index in [0.29, 0.717) is 18.7 Å². The summed E-state index contributed by atoms with van der Waals surface area (Å²) in [5, 5.41) is 3.60. The minimum Gasteiger partial charge on any atom is -0.497 e. The van der Waals surface area contributed by atoms with Crippen LogP contribution in [0.1, 0.15) is 29.8 Å². The largest absolute Gasteiger partial charge is 0.497 e. The fourth-order valence-corrected chi connectivity index (χ4v) is 3.12. The van der Waals surface area contributed by atoms with Crippen LogP contribution in [0, 0.1) is 0 Å². The van der Waals surface area contributed by atoms with Crippen LogP contribution in [-0.4, -0.2) is 48.4 Å². The molecule has 0 saturated carbocycles. The van der Waals surface area contributed by atoms with Gasteiger partial charge in [0.2, 0.25) is 5.91 Å². The van der Waals surface area contributed by atoms with Gasteiger partial charge in [-0.3, -0.25) is 9.59 Å². The summed E-state index contributed by atoms with van der Waals surface area (Å²) in [6.45, 7) is 0.607. The van der Waals surface area contributed by atoms with Crippen LogP contribution in [0.25, 0.3) is 10.9 Å². The van der Waals surface area contributed by atoms with Gasteiger partial charge in [0, 0.05) is 30.6 Å². The third-order valence-corrected chi connectivity index (χ3v) is 4.37. The molecule has 23 heavy (non-hydrogen) atoms. The van der Waals surface area contributed by atoms with Crippen molar-refractivity contribution in [3.63, 3.8) is 0 Å². The number of benzene rings is 1. The van der Waals surface area contributed by atoms with Gasteiger partial charge in [0.15, 0.2) is 0 Å². The number of aromatic nitrogens is 1. The first-order valence-electron chi connectivity index (χ1n) is 7.83. The van der Waals surface area contributed by atoms with Gasteiger partial charge in [0.1, 0.15) is 17.5 Å². The number of amides is 2. The van der Waals surface area contributed by atoms with Crippen molar-refractivity contribution >= 4 is 22.7 Å². The second kappa shape index (κ2) is 6.32. The summed E-state index contributed by atoms with van der Waals surface area (Å²) < 4.78 is 5.20. The first-order valence-corrected chi connectivity index (χ1v) is 7.83. The van der Waals surface area contributed by atoms with E-state index in [1.54, 1.807) is 19.1 Å². The van der Waals surface area contributed by atoms with Gasteiger partial charge in [-0.15, -0.1) is 0 Å². The maximum Gasteiger partial charge on any atom is 0.270 e. The molecule has 1 saturated heterocycles. The number of likely N-dealkylation sites (N-methyl/N-ethyl adjacent to an activating group) is 1. The normalized spacial score (nSPS) is 18.0. The third-order valence-electron chi connectivity index (χ3n) is 4.37. The molecule has 6 nitrogen and oxygen atoms in total. The van der Waals surface area contributed by atoms with Crippen LogP contribution < -0.4 is 10.1 Å². The number of methoxy groups -OCH3 is 1. The first-order chi connectivity index (χ1) is 11.1. The fraction of sp³-hybridized carbons (Fsp3) is 0.412. The number of carbonyl (C=O) groups excluding carboxylic acids is 2. The van der Waals surface area contributed by atoms with Gasteiger partial charge in [-0.1, -0.05) is 0 Å². The highest BCUT2D eigenvalue weighted by atomic mass is 16.5. The molecule has 1 aliphatic heterocycles. The zero-order valence-electron chi connectivity index (χ0n) is 13.4. The zero-order valence-corrected chi connectivity index (χ0v) is 13.4. The van der Waals surface area contributed by atoms with Crippen LogP contribution in [0.2, 0.25) is 0 Å². The molecule has 2 amide bonds. The predicted octanol–water partition coefficient (Wildman–Crippen LogP) is 1.92. The summed E-state index contributed by atoms with van der Waals surface area (Å²) in [7, 11) is 3.21. The van der Waals surface area contributed by atoms with E-state index in [-0.39, 0.29) is 17.9 Å². The number of H-pyrrole nitrogens is 1. The molecule has 2 N–H and O–H groups in total. The summed E-state index contributed by atoms with van der Waals surface area (Å²) >= 11 is 0. The molecule has 1 fully saturated rings. The van der Waals surface area contributed by atoms with Crippen molar-refractivity contribution in [2.24, 2.45) is 0 Å². The van der Waals surface area contributed by atoms with E-state index in [1.807, 2.05) is 24.3 Å². The number of hydrogen-bond acceptors (Lipinski definition) is 3. The van der Waals surface area contributed by atoms with Crippen molar-refractivity contribution in [1.29, 1.82) is 0 Å². The standard InChI is InChI=1S/C17H21N3O3/c1-18-16(21)15-5-3-4-8-20(15)17(22)14-9-11-6-7-12(23-2)10-13(11)19-14/h6-7,9-10,15,19H,3-5,8H2,1-2H3,(H,18,21)/t15-/m0/s1. The second-order valence-corrected chi connectivity index (χ2v) is 5.76. The zero-order chi connectivity index (χ0) is 16.4. The average Bonchev–Trinajstić information content (AvgIpc) is 3.03. The number of nitrogens with one attached hydrogen (secondary N) is 2. The smallest absolute Gasteiger partial charge is 0.270 e. The van der Waals surface area contributed by atoms with Gasteiger partial charge in [-0.2, -0.15) is 0 Å². The molecule has 1 atom stereocenters. The topological polar surface area (TPSA) is 74.4 Å². The number of hydrogen-bond donors (Lipinski definition) is 2. The summed E-state index contributed by atoms with van der Waals surface area (Å²) in [6, 6.07) is 7.07. The summed E-state index contributed by atoms with van der Waals surface area (Å²) in [5.41, 5.74) is 1.35. The highest BCUT2D eigenvalue weighted by Crippen LogP contribution is 2.24. The molecule has 6 heteroatoms. The lowest BCUT2D eigenvalue weighted by atomic mass is 10.0. The van der Waals surface area contributed by atoms with E-state index in [4.69, 9.17) is 4.74 Å². The number of aromatic amines is 1. The summed E-state index contributed by atoms with van der Waals surface area (Å²) in [4.78, 5) is 29.7. The summed E-state index contributed by atoms with van der Waals surface area (Å²) in [6.07, 6.45) is 2.60. The number of likely N-dealkylation sites (tertiary alicyclic amines) is 1. The molecule has 0 aliphatic carbocycles. The molecule has 122 valence electrons. The van der Waals surface area contributed by atoms with Crippen LogP contribution >= 0.6 is 0 Å². The molecule has 2 aromatic rings. The Morgan fingerprint density at radius 2 is 2.13 bits per heavy atom. The van der Waals surface area contributed by atoms with Crippen molar-refractivity contribution in [3.05, 3.63) is 30.0 Å². The molecule has 0 radical (unpaired) electrons. The van der Waals surface area contributed by atoms with Crippen molar-refractivity contribution < 1.29 is 14.3 Å². The molecule has 1 aromatic carbocycles. The van der Waals surface area contributed by atoms with Crippen molar-refractivity contribution in [1.82, 2.24) is 15.2 Å². The lowest BCUT2D eigenvalue weighted by Crippen LogP contribution is -2.51. The Hall–Kier alpha value is -2.50. The van der Waals surface area contributed by atoms with E-state index >= 15 is 0 Å². The lowest BCUT2D eigenvalue weighted by Gasteiger charge is -2.34. The molecule has 0 bridgehead atoms. The van der Waals surface area contributed by atoms with Crippen molar-refractivity contribution in [2.75, 3.05) is 20.7 Å². The Morgan fingerprint density at radius 3 is 2.87 bits per heavy atom. The maximum atomic E-state index is 12.8. The van der Waals surface area contributed by atoms with E-state index < -0.39 is 0 Å². The molecule has 1 aliphatic rings. The van der Waals surface area contributed by atoms with Crippen LogP contribution in [0.5, 0.6) is 5.75 Å². The molecule has 0 unspecified atom stereocenters. The predicted molar refractivity (Wildman–Crippen MR) is 87.6 cm³/mol. The van der Waals surface area contributed by atoms with Crippen LogP contribution in [0.15, 0.2) is 24.3 Å². The quantitative estimate of drug-likeness (QED) is 0.908. The van der Waals surface area contributed by atoms with Gasteiger partial charge >= 0.3 is 0 Å². The number of rotatable bonds is 3. The highest BCUT2D eigenvalue weighted by Gasteiger charge is 2.32. The van der Waals surface area contributed by atoms with Gasteiger partial charge in [-0.25, -0.2) is 0 Å². The lowest BCUT2D eigenvalue weighted by molar-refractivity contribution is -0.126. The number of carbonyl (C=O) groups is 2. The highest BCUT2D eigenvalue weighted by molar-refractivity contribution is 6.00. The average molecular weight is 315 g/mol. The Kier molecular flexibility index (Phi) is 4.23.